The van der Waals surface area contributed by atoms with E-state index in [4.69, 9.17) is 9.84 Å². The number of hydrogen-bond acceptors (Lipinski definition) is 6. The van der Waals surface area contributed by atoms with Crippen molar-refractivity contribution in [3.8, 4) is 22.9 Å². The first-order valence-corrected chi connectivity index (χ1v) is 12.9. The van der Waals surface area contributed by atoms with Crippen LogP contribution in [-0.4, -0.2) is 28.3 Å². The molecule has 1 aliphatic heterocycles. The lowest BCUT2D eigenvalue weighted by Crippen LogP contribution is -2.58. The molecular formula is C27H30N4O3S. The van der Waals surface area contributed by atoms with E-state index in [2.05, 4.69) is 18.5 Å². The number of carbonyl (C=O) groups is 1. The summed E-state index contributed by atoms with van der Waals surface area (Å²) in [7, 11) is 0. The summed E-state index contributed by atoms with van der Waals surface area (Å²) in [5.74, 6) is 1.04. The summed E-state index contributed by atoms with van der Waals surface area (Å²) in [6.45, 7) is 7.78. The minimum atomic E-state index is -0.624. The van der Waals surface area contributed by atoms with Crippen LogP contribution in [0.2, 0.25) is 0 Å². The van der Waals surface area contributed by atoms with E-state index in [0.29, 0.717) is 34.5 Å². The predicted octanol–water partition coefficient (Wildman–Crippen LogP) is 4.66. The van der Waals surface area contributed by atoms with Crippen LogP contribution in [0.25, 0.3) is 11.3 Å². The normalized spacial score (nSPS) is 14.2. The van der Waals surface area contributed by atoms with E-state index in [9.17, 15) is 9.90 Å². The molecule has 1 amide bonds. The predicted molar refractivity (Wildman–Crippen MR) is 135 cm³/mol. The van der Waals surface area contributed by atoms with Gasteiger partial charge in [0, 0.05) is 23.3 Å². The van der Waals surface area contributed by atoms with Crippen molar-refractivity contribution in [1.29, 1.82) is 0 Å². The highest BCUT2D eigenvalue weighted by Crippen LogP contribution is 2.41. The fraction of sp³-hybridized carbons (Fsp3) is 0.333. The number of fused-ring (bicyclic) bond motifs is 3. The fourth-order valence-corrected chi connectivity index (χ4v) is 5.04. The highest BCUT2D eigenvalue weighted by Gasteiger charge is 2.43. The van der Waals surface area contributed by atoms with Gasteiger partial charge in [-0.15, -0.1) is 0 Å². The quantitative estimate of drug-likeness (QED) is 0.178. The Morgan fingerprint density at radius 3 is 2.69 bits per heavy atom. The number of amides is 1. The van der Waals surface area contributed by atoms with Gasteiger partial charge in [0.25, 0.3) is 17.0 Å². The molecule has 0 bridgehead atoms. The van der Waals surface area contributed by atoms with Gasteiger partial charge in [-0.25, -0.2) is 9.88 Å². The van der Waals surface area contributed by atoms with E-state index in [1.807, 2.05) is 48.5 Å². The number of carbonyl (C=O) groups excluding carboxylic acids is 1. The van der Waals surface area contributed by atoms with Gasteiger partial charge in [-0.3, -0.25) is 4.79 Å². The molecule has 8 heteroatoms. The number of hydrogen-bond donors (Lipinski definition) is 0. The molecule has 0 saturated heterocycles. The van der Waals surface area contributed by atoms with Crippen LogP contribution < -0.4 is 19.4 Å². The van der Waals surface area contributed by atoms with Gasteiger partial charge in [0.2, 0.25) is 5.91 Å². The molecule has 7 nitrogen and oxygen atoms in total. The van der Waals surface area contributed by atoms with Crippen molar-refractivity contribution >= 4 is 23.4 Å². The Bertz CT molecular complexity index is 1200. The number of ether oxygens (including phenoxy) is 1. The average molecular weight is 491 g/mol. The third-order valence-corrected chi connectivity index (χ3v) is 6.76. The molecule has 35 heavy (non-hydrogen) atoms. The first-order valence-electron chi connectivity index (χ1n) is 11.9. The first kappa shape index (κ1) is 24.7. The summed E-state index contributed by atoms with van der Waals surface area (Å²) < 4.78 is 7.28. The molecule has 0 fully saturated rings. The van der Waals surface area contributed by atoms with Crippen molar-refractivity contribution in [1.82, 2.24) is 10.1 Å². The number of thioether (sulfide) groups is 1. The number of aromatic nitrogens is 3. The third kappa shape index (κ3) is 5.32. The molecule has 1 aromatic heterocycles. The SMILES string of the molecule is C=CCOc1ccc(C2N(C(C)=O)c3ccccc3-c3c([O-])nc(SCCCCCC)n[n+]32)cc1. The lowest BCUT2D eigenvalue weighted by atomic mass is 10.0. The maximum absolute atomic E-state index is 13.3. The summed E-state index contributed by atoms with van der Waals surface area (Å²) in [5.41, 5.74) is 2.50. The van der Waals surface area contributed by atoms with Crippen molar-refractivity contribution < 1.29 is 19.3 Å². The second-order valence-corrected chi connectivity index (χ2v) is 9.41. The largest absolute Gasteiger partial charge is 0.854 e. The van der Waals surface area contributed by atoms with Gasteiger partial charge in [0.15, 0.2) is 0 Å². The molecule has 0 N–H and O–H groups in total. The van der Waals surface area contributed by atoms with Crippen molar-refractivity contribution in [3.63, 3.8) is 0 Å². The van der Waals surface area contributed by atoms with Crippen molar-refractivity contribution in [3.05, 3.63) is 66.7 Å². The minimum absolute atomic E-state index is 0.146. The number of rotatable bonds is 10. The van der Waals surface area contributed by atoms with Crippen LogP contribution in [0.4, 0.5) is 5.69 Å². The summed E-state index contributed by atoms with van der Waals surface area (Å²) in [6.07, 6.45) is 5.59. The second-order valence-electron chi connectivity index (χ2n) is 8.35. The molecule has 0 spiro atoms. The van der Waals surface area contributed by atoms with Crippen LogP contribution in [0.15, 0.2) is 66.3 Å². The van der Waals surface area contributed by atoms with Gasteiger partial charge < -0.3 is 9.84 Å². The van der Waals surface area contributed by atoms with Gasteiger partial charge in [0.1, 0.15) is 12.4 Å². The molecule has 1 unspecified atom stereocenters. The smallest absolute Gasteiger partial charge is 0.293 e. The molecular weight excluding hydrogens is 460 g/mol. The molecule has 1 atom stereocenters. The number of nitrogens with zero attached hydrogens (tertiary/aromatic N) is 4. The number of benzene rings is 2. The van der Waals surface area contributed by atoms with E-state index in [1.54, 1.807) is 15.7 Å². The summed E-state index contributed by atoms with van der Waals surface area (Å²) >= 11 is 1.48. The van der Waals surface area contributed by atoms with Gasteiger partial charge in [-0.2, -0.15) is 0 Å². The summed E-state index contributed by atoms with van der Waals surface area (Å²) in [4.78, 5) is 18.9. The third-order valence-electron chi connectivity index (χ3n) is 5.83. The number of para-hydroxylation sites is 1. The standard InChI is InChI=1S/C27H30N4O3S/c1-4-6-7-10-18-35-27-28-25(33)24-22-11-8-9-12-23(22)30(19(3)32)26(31(24)29-27)20-13-15-21(16-14-20)34-17-5-2/h5,8-9,11-16,26H,2,4,6-7,10,17-18H2,1,3H3. The first-order chi connectivity index (χ1) is 17.0. The van der Waals surface area contributed by atoms with E-state index in [-0.39, 0.29) is 11.8 Å². The number of anilines is 1. The Hall–Kier alpha value is -3.39. The topological polar surface area (TPSA) is 82.3 Å². The van der Waals surface area contributed by atoms with Crippen molar-refractivity contribution in [2.24, 2.45) is 0 Å². The second kappa shape index (κ2) is 11.4. The van der Waals surface area contributed by atoms with E-state index >= 15 is 0 Å². The molecule has 2 heterocycles. The van der Waals surface area contributed by atoms with Crippen molar-refractivity contribution in [2.75, 3.05) is 17.3 Å². The van der Waals surface area contributed by atoms with Crippen LogP contribution in [0.5, 0.6) is 11.6 Å². The van der Waals surface area contributed by atoms with E-state index < -0.39 is 6.17 Å². The molecule has 3 aromatic rings. The molecule has 0 aliphatic carbocycles. The maximum Gasteiger partial charge on any atom is 0.293 e. The van der Waals surface area contributed by atoms with Crippen LogP contribution in [0.1, 0.15) is 51.3 Å². The summed E-state index contributed by atoms with van der Waals surface area (Å²) in [6, 6.07) is 14.9. The van der Waals surface area contributed by atoms with Crippen LogP contribution in [0.3, 0.4) is 0 Å². The molecule has 2 aromatic carbocycles. The van der Waals surface area contributed by atoms with Crippen LogP contribution in [0, 0.1) is 0 Å². The monoisotopic (exact) mass is 490 g/mol. The average Bonchev–Trinajstić information content (AvgIpc) is 2.86. The molecule has 1 aliphatic rings. The Balaban J connectivity index is 1.79. The van der Waals surface area contributed by atoms with Gasteiger partial charge in [-0.1, -0.05) is 67.4 Å². The highest BCUT2D eigenvalue weighted by atomic mass is 32.2. The molecule has 4 rings (SSSR count). The van der Waals surface area contributed by atoms with E-state index in [1.165, 1.54) is 31.5 Å². The zero-order chi connectivity index (χ0) is 24.8. The Morgan fingerprint density at radius 2 is 1.97 bits per heavy atom. The van der Waals surface area contributed by atoms with Gasteiger partial charge >= 0.3 is 0 Å². The van der Waals surface area contributed by atoms with Gasteiger partial charge in [-0.05, 0) is 42.8 Å². The van der Waals surface area contributed by atoms with Crippen molar-refractivity contribution in [2.45, 2.75) is 50.9 Å². The lowest BCUT2D eigenvalue weighted by Gasteiger charge is -2.32. The Kier molecular flexibility index (Phi) is 8.02. The number of unbranched alkanes of at least 4 members (excludes halogenated alkanes) is 3. The maximum atomic E-state index is 13.3. The van der Waals surface area contributed by atoms with Crippen LogP contribution >= 0.6 is 11.8 Å². The molecule has 182 valence electrons. The Labute approximate surface area is 210 Å². The fourth-order valence-electron chi connectivity index (χ4n) is 4.22. The molecule has 0 radical (unpaired) electrons. The minimum Gasteiger partial charge on any atom is -0.854 e. The van der Waals surface area contributed by atoms with Crippen LogP contribution in [-0.2, 0) is 4.79 Å². The Morgan fingerprint density at radius 1 is 1.20 bits per heavy atom. The molecule has 0 saturated carbocycles. The summed E-state index contributed by atoms with van der Waals surface area (Å²) in [5, 5.41) is 18.5. The lowest BCUT2D eigenvalue weighted by molar-refractivity contribution is -0.764. The van der Waals surface area contributed by atoms with Gasteiger partial charge in [0.05, 0.1) is 17.1 Å². The van der Waals surface area contributed by atoms with E-state index in [0.717, 1.165) is 24.2 Å². The zero-order valence-corrected chi connectivity index (χ0v) is 21.0. The highest BCUT2D eigenvalue weighted by molar-refractivity contribution is 7.99. The zero-order valence-electron chi connectivity index (χ0n) is 20.1.